The third-order valence-corrected chi connectivity index (χ3v) is 17.7. The normalized spacial score (nSPS) is 17.4. The number of hydrogen-bond donors (Lipinski definition) is 8. The van der Waals surface area contributed by atoms with E-state index in [2.05, 4.69) is 31.9 Å². The first-order valence-corrected chi connectivity index (χ1v) is 32.9. The molecule has 0 aromatic heterocycles. The maximum atomic E-state index is 14.8. The summed E-state index contributed by atoms with van der Waals surface area (Å²) in [6, 6.07) is 8.74. The number of amides is 12. The third-order valence-electron chi connectivity index (χ3n) is 17.7. The molecule has 1 saturated heterocycles. The van der Waals surface area contributed by atoms with Crippen molar-refractivity contribution in [2.75, 3.05) is 53.3 Å². The summed E-state index contributed by atoms with van der Waals surface area (Å²) in [6.07, 6.45) is 2.94. The van der Waals surface area contributed by atoms with Crippen LogP contribution in [-0.2, 0) is 64.0 Å². The van der Waals surface area contributed by atoms with Crippen molar-refractivity contribution in [3.8, 4) is 0 Å². The monoisotopic (exact) mass is 1320 g/mol. The first-order valence-electron chi connectivity index (χ1n) is 32.9. The van der Waals surface area contributed by atoms with E-state index < -0.39 is 114 Å². The highest BCUT2D eigenvalue weighted by Gasteiger charge is 2.44. The summed E-state index contributed by atoms with van der Waals surface area (Å²) in [4.78, 5) is 152. The number of aliphatic hydroxyl groups excluding tert-OH is 1. The summed E-state index contributed by atoms with van der Waals surface area (Å²) in [7, 11) is 6.08. The van der Waals surface area contributed by atoms with Crippen LogP contribution in [0.2, 0.25) is 0 Å². The number of likely N-dealkylation sites (tertiary alicyclic amines) is 1. The summed E-state index contributed by atoms with van der Waals surface area (Å²) in [5.41, 5.74) is 6.77. The van der Waals surface area contributed by atoms with Gasteiger partial charge in [0.2, 0.25) is 41.4 Å². The van der Waals surface area contributed by atoms with Crippen molar-refractivity contribution in [2.24, 2.45) is 35.3 Å². The molecule has 2 aromatic carbocycles. The number of unbranched alkanes of at least 4 members (excludes halogenated alkanes) is 2. The van der Waals surface area contributed by atoms with Gasteiger partial charge in [0, 0.05) is 72.2 Å². The van der Waals surface area contributed by atoms with Crippen LogP contribution in [0.15, 0.2) is 66.7 Å². The Morgan fingerprint density at radius 3 is 1.93 bits per heavy atom. The number of primary amides is 1. The van der Waals surface area contributed by atoms with Crippen molar-refractivity contribution >= 4 is 71.0 Å². The van der Waals surface area contributed by atoms with Crippen molar-refractivity contribution < 1.29 is 72.1 Å². The van der Waals surface area contributed by atoms with Crippen molar-refractivity contribution in [3.63, 3.8) is 0 Å². The number of methoxy groups -OCH3 is 2. The van der Waals surface area contributed by atoms with Gasteiger partial charge in [-0.25, -0.2) is 9.59 Å². The third kappa shape index (κ3) is 22.9. The highest BCUT2D eigenvalue weighted by Crippen LogP contribution is 2.31. The fourth-order valence-electron chi connectivity index (χ4n) is 12.1. The van der Waals surface area contributed by atoms with Gasteiger partial charge in [-0.3, -0.25) is 53.0 Å². The zero-order chi connectivity index (χ0) is 70.1. The largest absolute Gasteiger partial charge is 0.445 e. The van der Waals surface area contributed by atoms with Gasteiger partial charge in [-0.05, 0) is 92.4 Å². The number of rotatable bonds is 38. The van der Waals surface area contributed by atoms with Crippen LogP contribution in [0.3, 0.4) is 0 Å². The Balaban J connectivity index is 1.37. The van der Waals surface area contributed by atoms with Crippen molar-refractivity contribution in [2.45, 2.75) is 201 Å². The molecule has 2 aliphatic rings. The standard InChI is InChI=1S/C68H105N11O15/c1-15-43(8)59(51(92-13)38-55(83)78-37-23-27-50(78)61(93-14)44(9)62(85)71-45(10)60(84)47-24-18-16-19-25-47)76(11)66(89)57(41(4)5)75-65(88)58(42(6)7)77(12)68(91)94-39-46-29-31-48(32-30-46)72-63(86)49(26-22-35-70-67(69)90)73-64(87)56(40(2)3)74-52(80)28-20-17-21-36-79-53(81)33-34-54(79)82/h16,18-19,24-25,29-34,40-45,49-51,56-61,84H,15,17,20-23,26-28,35-39H2,1-14H3,(H,71,85)(H,72,86)(H,73,87)(H,74,80)(H,75,88)(H3,69,70,90)/t43-,44+,45+,49?,50-,51+,56-,57-,58-,59-,60?,61+/m0/s1. The van der Waals surface area contributed by atoms with E-state index in [0.717, 1.165) is 4.90 Å². The minimum atomic E-state index is -1.11. The summed E-state index contributed by atoms with van der Waals surface area (Å²) in [6.45, 7) is 18.6. The molecule has 0 radical (unpaired) electrons. The molecule has 26 nitrogen and oxygen atoms in total. The van der Waals surface area contributed by atoms with Crippen LogP contribution in [-0.4, -0.2) is 192 Å². The molecule has 1 fully saturated rings. The Labute approximate surface area is 554 Å². The highest BCUT2D eigenvalue weighted by atomic mass is 16.6. The second-order valence-corrected chi connectivity index (χ2v) is 25.8. The molecule has 12 amide bonds. The molecule has 0 bridgehead atoms. The van der Waals surface area contributed by atoms with Crippen molar-refractivity contribution in [1.29, 1.82) is 0 Å². The first-order chi connectivity index (χ1) is 44.5. The minimum Gasteiger partial charge on any atom is -0.445 e. The maximum Gasteiger partial charge on any atom is 0.410 e. The van der Waals surface area contributed by atoms with Gasteiger partial charge in [0.1, 0.15) is 30.8 Å². The molecule has 0 aliphatic carbocycles. The van der Waals surface area contributed by atoms with Gasteiger partial charge >= 0.3 is 12.1 Å². The summed E-state index contributed by atoms with van der Waals surface area (Å²) in [5, 5.41) is 27.6. The quantitative estimate of drug-likeness (QED) is 0.0321. The predicted molar refractivity (Wildman–Crippen MR) is 353 cm³/mol. The number of urea groups is 1. The Morgan fingerprint density at radius 2 is 1.35 bits per heavy atom. The Bertz CT molecular complexity index is 2880. The first kappa shape index (κ1) is 78.5. The summed E-state index contributed by atoms with van der Waals surface area (Å²) >= 11 is 0. The SMILES string of the molecule is CC[C@H](C)[C@@H]([C@@H](CC(=O)N1CCC[C@H]1[C@H](OC)[C@@H](C)C(=O)N[C@H](C)C(O)c1ccccc1)OC)N(C)C(=O)[C@@H](NC(=O)[C@H](C(C)C)N(C)C(=O)OCc1ccc(NC(=O)C(CCCNC(N)=O)NC(=O)[C@@H](NC(=O)CCCCCN2C(=O)C=CC2=O)C(C)C)cc1)C(C)C. The number of ether oxygens (including phenoxy) is 3. The molecule has 2 unspecified atom stereocenters. The molecule has 2 heterocycles. The minimum absolute atomic E-state index is 0.0841. The predicted octanol–water partition coefficient (Wildman–Crippen LogP) is 5.08. The van der Waals surface area contributed by atoms with Gasteiger partial charge in [-0.1, -0.05) is 118 Å². The molecular weight excluding hydrogens is 1210 g/mol. The number of nitrogens with two attached hydrogens (primary N) is 1. The van der Waals surface area contributed by atoms with E-state index in [9.17, 15) is 57.8 Å². The number of anilines is 1. The van der Waals surface area contributed by atoms with Crippen LogP contribution >= 0.6 is 0 Å². The number of carbonyl (C=O) groups is 11. The molecule has 12 atom stereocenters. The van der Waals surface area contributed by atoms with Crippen LogP contribution in [0, 0.1) is 29.6 Å². The molecular formula is C68H105N11O15. The number of hydrogen-bond acceptors (Lipinski definition) is 15. The zero-order valence-electron chi connectivity index (χ0n) is 57.4. The van der Waals surface area contributed by atoms with Crippen molar-refractivity contribution in [3.05, 3.63) is 77.9 Å². The maximum absolute atomic E-state index is 14.8. The van der Waals surface area contributed by atoms with Gasteiger partial charge in [0.15, 0.2) is 0 Å². The Hall–Kier alpha value is -7.97. The molecule has 0 spiro atoms. The van der Waals surface area contributed by atoms with E-state index in [4.69, 9.17) is 19.9 Å². The average Bonchev–Trinajstić information content (AvgIpc) is 1.33. The smallest absolute Gasteiger partial charge is 0.410 e. The van der Waals surface area contributed by atoms with E-state index in [1.54, 1.807) is 109 Å². The van der Waals surface area contributed by atoms with Crippen LogP contribution in [0.25, 0.3) is 0 Å². The second kappa shape index (κ2) is 38.4. The van der Waals surface area contributed by atoms with Crippen LogP contribution in [0.1, 0.15) is 151 Å². The molecule has 9 N–H and O–H groups in total. The second-order valence-electron chi connectivity index (χ2n) is 25.8. The molecule has 2 aliphatic heterocycles. The van der Waals surface area contributed by atoms with Crippen LogP contribution in [0.4, 0.5) is 15.3 Å². The number of carbonyl (C=O) groups excluding carboxylic acids is 11. The molecule has 4 rings (SSSR count). The highest BCUT2D eigenvalue weighted by molar-refractivity contribution is 6.12. The lowest BCUT2D eigenvalue weighted by atomic mass is 9.89. The number of nitrogens with zero attached hydrogens (tertiary/aromatic N) is 4. The number of aliphatic hydroxyl groups is 1. The van der Waals surface area contributed by atoms with Crippen LogP contribution in [0.5, 0.6) is 0 Å². The number of benzene rings is 2. The lowest BCUT2D eigenvalue weighted by Crippen LogP contribution is -2.60. The molecule has 0 saturated carbocycles. The van der Waals surface area contributed by atoms with E-state index in [1.165, 1.54) is 38.3 Å². The fourth-order valence-corrected chi connectivity index (χ4v) is 12.1. The average molecular weight is 1320 g/mol. The van der Waals surface area contributed by atoms with Gasteiger partial charge in [0.05, 0.1) is 48.8 Å². The van der Waals surface area contributed by atoms with Crippen molar-refractivity contribution in [1.82, 2.24) is 46.2 Å². The lowest BCUT2D eigenvalue weighted by molar-refractivity contribution is -0.148. The van der Waals surface area contributed by atoms with E-state index in [-0.39, 0.29) is 86.8 Å². The van der Waals surface area contributed by atoms with Gasteiger partial charge < -0.3 is 66.8 Å². The number of imide groups is 1. The lowest BCUT2D eigenvalue weighted by Gasteiger charge is -2.41. The molecule has 26 heteroatoms. The molecule has 2 aromatic rings. The Morgan fingerprint density at radius 1 is 0.713 bits per heavy atom. The van der Waals surface area contributed by atoms with Gasteiger partial charge in [0.25, 0.3) is 11.8 Å². The van der Waals surface area contributed by atoms with Crippen LogP contribution < -0.4 is 37.6 Å². The van der Waals surface area contributed by atoms with Gasteiger partial charge in [-0.15, -0.1) is 0 Å². The van der Waals surface area contributed by atoms with E-state index in [1.807, 2.05) is 32.0 Å². The molecule has 94 heavy (non-hydrogen) atoms. The number of likely N-dealkylation sites (N-methyl/N-ethyl adjacent to an activating group) is 2. The topological polar surface area (TPSA) is 347 Å². The van der Waals surface area contributed by atoms with E-state index >= 15 is 0 Å². The zero-order valence-corrected chi connectivity index (χ0v) is 57.4. The fraction of sp³-hybridized carbons (Fsp3) is 0.632. The molecule has 522 valence electrons. The summed E-state index contributed by atoms with van der Waals surface area (Å²) < 4.78 is 17.7. The number of nitrogens with one attached hydrogen (secondary N) is 6. The Kier molecular flexibility index (Phi) is 32.1. The van der Waals surface area contributed by atoms with E-state index in [0.29, 0.717) is 61.9 Å². The van der Waals surface area contributed by atoms with Gasteiger partial charge in [-0.2, -0.15) is 0 Å². The summed E-state index contributed by atoms with van der Waals surface area (Å²) in [5.74, 6) is -6.02.